The molecular formula is C43H32OSi. The molecule has 0 saturated heterocycles. The molecule has 6 aromatic carbocycles. The number of hydrogen-bond acceptors (Lipinski definition) is 1. The maximum atomic E-state index is 9.91. The zero-order chi connectivity index (χ0) is 31.0. The van der Waals surface area contributed by atoms with Crippen molar-refractivity contribution >= 4 is 40.8 Å². The predicted molar refractivity (Wildman–Crippen MR) is 192 cm³/mol. The molecule has 45 heavy (non-hydrogen) atoms. The molecule has 0 atom stereocenters. The Hall–Kier alpha value is -5.54. The first-order chi connectivity index (χ1) is 21.9. The van der Waals surface area contributed by atoms with Gasteiger partial charge in [-0.05, 0) is 87.1 Å². The van der Waals surface area contributed by atoms with Crippen LogP contribution >= 0.6 is 0 Å². The molecule has 0 aliphatic carbocycles. The topological polar surface area (TPSA) is 20.2 Å². The summed E-state index contributed by atoms with van der Waals surface area (Å²) in [5.74, 6) is 14.8. The van der Waals surface area contributed by atoms with Gasteiger partial charge in [0, 0.05) is 21.5 Å². The average molecular weight is 593 g/mol. The Kier molecular flexibility index (Phi) is 7.23. The van der Waals surface area contributed by atoms with E-state index in [2.05, 4.69) is 147 Å². The number of phenolic OH excluding ortho intramolecular Hbond substituents is 1. The second-order valence-corrected chi connectivity index (χ2v) is 16.4. The lowest BCUT2D eigenvalue weighted by Crippen LogP contribution is -2.29. The lowest BCUT2D eigenvalue weighted by atomic mass is 9.91. The number of benzene rings is 6. The Labute approximate surface area is 266 Å². The van der Waals surface area contributed by atoms with Gasteiger partial charge in [-0.25, -0.2) is 0 Å². The molecule has 0 fully saturated rings. The molecule has 0 unspecified atom stereocenters. The van der Waals surface area contributed by atoms with Crippen molar-refractivity contribution in [3.05, 3.63) is 172 Å². The number of rotatable bonds is 2. The van der Waals surface area contributed by atoms with Gasteiger partial charge < -0.3 is 5.11 Å². The first kappa shape index (κ1) is 28.2. The van der Waals surface area contributed by atoms with E-state index in [1.165, 1.54) is 37.9 Å². The van der Waals surface area contributed by atoms with Gasteiger partial charge in [-0.15, -0.1) is 0 Å². The maximum Gasteiger partial charge on any atom is 0.135 e. The van der Waals surface area contributed by atoms with Crippen molar-refractivity contribution in [3.8, 4) is 29.4 Å². The second-order valence-electron chi connectivity index (χ2n) is 12.2. The molecule has 1 aliphatic heterocycles. The Morgan fingerprint density at radius 3 is 1.44 bits per heavy atom. The summed E-state index contributed by atoms with van der Waals surface area (Å²) in [6.45, 7) is 6.89. The molecule has 214 valence electrons. The number of hydrogen-bond donors (Lipinski definition) is 1. The predicted octanol–water partition coefficient (Wildman–Crippen LogP) is 10.1. The molecule has 7 rings (SSSR count). The van der Waals surface area contributed by atoms with Crippen LogP contribution in [0.25, 0.3) is 32.7 Å². The summed E-state index contributed by atoms with van der Waals surface area (Å²) in [5, 5.41) is 16.8. The van der Waals surface area contributed by atoms with E-state index in [1.54, 1.807) is 12.1 Å². The van der Waals surface area contributed by atoms with Crippen LogP contribution in [-0.4, -0.2) is 13.2 Å². The van der Waals surface area contributed by atoms with Crippen molar-refractivity contribution in [1.82, 2.24) is 0 Å². The standard InChI is InChI=1S/C43H32OSi/c1-30-14-19-36-27-31(15-20-35(36)26-30)17-24-40-42(33-10-6-4-7-11-33)43(34-12-8-5-9-13-34)41(45(40,2)3)25-18-32-16-21-38-29-39(44)23-22-37(38)28-32/h4-16,19-23,26-29,44H,1-3H3. The quantitative estimate of drug-likeness (QED) is 0.157. The molecule has 0 saturated carbocycles. The van der Waals surface area contributed by atoms with Gasteiger partial charge >= 0.3 is 0 Å². The minimum absolute atomic E-state index is 0.268. The van der Waals surface area contributed by atoms with Crippen molar-refractivity contribution in [3.63, 3.8) is 0 Å². The molecule has 0 amide bonds. The summed E-state index contributed by atoms with van der Waals surface area (Å²) >= 11 is 0. The third-order valence-corrected chi connectivity index (χ3v) is 11.9. The molecule has 0 bridgehead atoms. The van der Waals surface area contributed by atoms with E-state index in [9.17, 15) is 5.11 Å². The van der Waals surface area contributed by atoms with Gasteiger partial charge in [0.05, 0.1) is 0 Å². The van der Waals surface area contributed by atoms with Gasteiger partial charge in [0.25, 0.3) is 0 Å². The van der Waals surface area contributed by atoms with Crippen molar-refractivity contribution in [2.45, 2.75) is 20.0 Å². The van der Waals surface area contributed by atoms with Crippen molar-refractivity contribution in [2.75, 3.05) is 0 Å². The number of fused-ring (bicyclic) bond motifs is 2. The third kappa shape index (κ3) is 5.49. The van der Waals surface area contributed by atoms with Gasteiger partial charge in [-0.2, -0.15) is 0 Å². The van der Waals surface area contributed by atoms with Crippen molar-refractivity contribution in [2.24, 2.45) is 0 Å². The van der Waals surface area contributed by atoms with Crippen LogP contribution in [0.1, 0.15) is 27.8 Å². The van der Waals surface area contributed by atoms with E-state index in [4.69, 9.17) is 0 Å². The van der Waals surface area contributed by atoms with Crippen LogP contribution in [0.2, 0.25) is 13.1 Å². The fourth-order valence-corrected chi connectivity index (χ4v) is 9.04. The minimum atomic E-state index is -2.34. The highest BCUT2D eigenvalue weighted by atomic mass is 28.3. The van der Waals surface area contributed by atoms with Gasteiger partial charge in [0.1, 0.15) is 13.8 Å². The maximum absolute atomic E-state index is 9.91. The summed E-state index contributed by atoms with van der Waals surface area (Å²) in [7, 11) is -2.34. The number of phenols is 1. The van der Waals surface area contributed by atoms with E-state index < -0.39 is 8.07 Å². The van der Waals surface area contributed by atoms with E-state index in [1.807, 2.05) is 18.2 Å². The second kappa shape index (κ2) is 11.5. The summed E-state index contributed by atoms with van der Waals surface area (Å²) in [5.41, 5.74) is 7.93. The van der Waals surface area contributed by atoms with Crippen LogP contribution < -0.4 is 0 Å². The fraction of sp³-hybridized carbons (Fsp3) is 0.0698. The molecule has 1 heterocycles. The number of allylic oxidation sites excluding steroid dienone is 4. The highest BCUT2D eigenvalue weighted by Crippen LogP contribution is 2.48. The number of aryl methyl sites for hydroxylation is 1. The molecule has 0 radical (unpaired) electrons. The van der Waals surface area contributed by atoms with Crippen molar-refractivity contribution < 1.29 is 5.11 Å². The Morgan fingerprint density at radius 2 is 0.911 bits per heavy atom. The van der Waals surface area contributed by atoms with Crippen LogP contribution in [0.15, 0.2) is 144 Å². The first-order valence-electron chi connectivity index (χ1n) is 15.2. The molecule has 1 nitrogen and oxygen atoms in total. The Bertz CT molecular complexity index is 2140. The Morgan fingerprint density at radius 1 is 0.467 bits per heavy atom. The van der Waals surface area contributed by atoms with E-state index in [0.29, 0.717) is 0 Å². The lowest BCUT2D eigenvalue weighted by Gasteiger charge is -2.18. The van der Waals surface area contributed by atoms with Gasteiger partial charge in [-0.3, -0.25) is 0 Å². The normalized spacial score (nSPS) is 13.8. The summed E-state index contributed by atoms with van der Waals surface area (Å²) in [6, 6.07) is 46.0. The number of aromatic hydroxyl groups is 1. The molecule has 6 aromatic rings. The largest absolute Gasteiger partial charge is 0.508 e. The van der Waals surface area contributed by atoms with Crippen LogP contribution in [0.3, 0.4) is 0 Å². The summed E-state index contributed by atoms with van der Waals surface area (Å²) < 4.78 is 0. The first-order valence-corrected chi connectivity index (χ1v) is 18.2. The molecule has 1 N–H and O–H groups in total. The summed E-state index contributed by atoms with van der Waals surface area (Å²) in [6.07, 6.45) is 0. The Balaban J connectivity index is 1.42. The van der Waals surface area contributed by atoms with E-state index >= 15 is 0 Å². The molecule has 0 aromatic heterocycles. The molecule has 1 aliphatic rings. The fourth-order valence-electron chi connectivity index (χ4n) is 6.25. The van der Waals surface area contributed by atoms with Gasteiger partial charge in [-0.1, -0.05) is 139 Å². The zero-order valence-electron chi connectivity index (χ0n) is 25.6. The average Bonchev–Trinajstić information content (AvgIpc) is 3.28. The zero-order valence-corrected chi connectivity index (χ0v) is 26.6. The van der Waals surface area contributed by atoms with Crippen LogP contribution in [0.5, 0.6) is 5.75 Å². The van der Waals surface area contributed by atoms with Gasteiger partial charge in [0.2, 0.25) is 0 Å². The van der Waals surface area contributed by atoms with E-state index in [0.717, 1.165) is 33.0 Å². The van der Waals surface area contributed by atoms with E-state index in [-0.39, 0.29) is 5.75 Å². The molecule has 2 heteroatoms. The van der Waals surface area contributed by atoms with Crippen LogP contribution in [0, 0.1) is 30.6 Å². The smallest absolute Gasteiger partial charge is 0.135 e. The monoisotopic (exact) mass is 592 g/mol. The van der Waals surface area contributed by atoms with Crippen LogP contribution in [0.4, 0.5) is 0 Å². The summed E-state index contributed by atoms with van der Waals surface area (Å²) in [4.78, 5) is 0. The third-order valence-electron chi connectivity index (χ3n) is 8.61. The van der Waals surface area contributed by atoms with Gasteiger partial charge in [0.15, 0.2) is 0 Å². The highest BCUT2D eigenvalue weighted by Gasteiger charge is 2.41. The minimum Gasteiger partial charge on any atom is -0.508 e. The molecular weight excluding hydrogens is 561 g/mol. The lowest BCUT2D eigenvalue weighted by molar-refractivity contribution is 0.476. The van der Waals surface area contributed by atoms with Crippen LogP contribution in [-0.2, 0) is 0 Å². The van der Waals surface area contributed by atoms with Crippen molar-refractivity contribution in [1.29, 1.82) is 0 Å². The molecule has 0 spiro atoms. The highest BCUT2D eigenvalue weighted by molar-refractivity contribution is 6.96. The SMILES string of the molecule is Cc1ccc2cc(C#CC3=C(c4ccccc4)C(c4ccccc4)=C(C#Cc4ccc5cc(O)ccc5c4)[Si]3(C)C)ccc2c1.